The van der Waals surface area contributed by atoms with Crippen LogP contribution in [0.3, 0.4) is 0 Å². The van der Waals surface area contributed by atoms with Crippen molar-refractivity contribution in [2.75, 3.05) is 26.4 Å². The van der Waals surface area contributed by atoms with Gasteiger partial charge in [0, 0.05) is 12.6 Å². The minimum atomic E-state index is 0.267. The fraction of sp³-hybridized carbons (Fsp3) is 1.00. The van der Waals surface area contributed by atoms with Crippen LogP contribution in [0.5, 0.6) is 0 Å². The molecule has 1 aliphatic heterocycles. The second-order valence-electron chi connectivity index (χ2n) is 5.51. The lowest BCUT2D eigenvalue weighted by Gasteiger charge is -2.16. The van der Waals surface area contributed by atoms with Crippen LogP contribution in [-0.2, 0) is 14.2 Å². The molecule has 2 atom stereocenters. The molecule has 1 aliphatic rings. The molecule has 2 unspecified atom stereocenters. The molecule has 0 aliphatic carbocycles. The van der Waals surface area contributed by atoms with Crippen molar-refractivity contribution in [1.29, 1.82) is 0 Å². The van der Waals surface area contributed by atoms with Crippen molar-refractivity contribution < 1.29 is 14.2 Å². The fourth-order valence-corrected chi connectivity index (χ4v) is 1.98. The Morgan fingerprint density at radius 3 is 2.50 bits per heavy atom. The Hall–Kier alpha value is -0.160. The van der Waals surface area contributed by atoms with Gasteiger partial charge in [-0.15, -0.1) is 0 Å². The quantitative estimate of drug-likeness (QED) is 0.643. The zero-order valence-electron chi connectivity index (χ0n) is 12.3. The molecule has 1 fully saturated rings. The lowest BCUT2D eigenvalue weighted by Crippen LogP contribution is -2.32. The second kappa shape index (κ2) is 8.86. The molecular formula is C14H29NO3. The van der Waals surface area contributed by atoms with Gasteiger partial charge in [0.15, 0.2) is 0 Å². The van der Waals surface area contributed by atoms with Crippen LogP contribution in [0, 0.1) is 0 Å². The summed E-state index contributed by atoms with van der Waals surface area (Å²) in [5.74, 6) is 0. The lowest BCUT2D eigenvalue weighted by molar-refractivity contribution is -0.0353. The van der Waals surface area contributed by atoms with Crippen molar-refractivity contribution in [3.05, 3.63) is 0 Å². The Balaban J connectivity index is 1.97. The van der Waals surface area contributed by atoms with Gasteiger partial charge in [-0.2, -0.15) is 0 Å². The van der Waals surface area contributed by atoms with Gasteiger partial charge in [-0.25, -0.2) is 0 Å². The van der Waals surface area contributed by atoms with E-state index in [1.54, 1.807) is 0 Å². The summed E-state index contributed by atoms with van der Waals surface area (Å²) in [6, 6.07) is 0.525. The topological polar surface area (TPSA) is 39.7 Å². The molecular weight excluding hydrogens is 230 g/mol. The summed E-state index contributed by atoms with van der Waals surface area (Å²) in [6.07, 6.45) is 3.14. The Morgan fingerprint density at radius 1 is 1.11 bits per heavy atom. The highest BCUT2D eigenvalue weighted by atomic mass is 16.6. The van der Waals surface area contributed by atoms with Crippen LogP contribution in [0.15, 0.2) is 0 Å². The first-order chi connectivity index (χ1) is 8.58. The maximum Gasteiger partial charge on any atom is 0.0813 e. The average Bonchev–Trinajstić information content (AvgIpc) is 2.73. The van der Waals surface area contributed by atoms with Crippen molar-refractivity contribution in [3.63, 3.8) is 0 Å². The molecule has 0 amide bonds. The Morgan fingerprint density at radius 2 is 1.83 bits per heavy atom. The zero-order valence-corrected chi connectivity index (χ0v) is 12.3. The van der Waals surface area contributed by atoms with Crippen LogP contribution in [0.25, 0.3) is 0 Å². The smallest absolute Gasteiger partial charge is 0.0813 e. The van der Waals surface area contributed by atoms with Gasteiger partial charge >= 0.3 is 0 Å². The van der Waals surface area contributed by atoms with Crippen molar-refractivity contribution in [2.24, 2.45) is 0 Å². The summed E-state index contributed by atoms with van der Waals surface area (Å²) in [4.78, 5) is 0. The number of hydrogen-bond donors (Lipinski definition) is 1. The fourth-order valence-electron chi connectivity index (χ4n) is 1.98. The van der Waals surface area contributed by atoms with Gasteiger partial charge in [0.05, 0.1) is 38.1 Å². The highest BCUT2D eigenvalue weighted by Crippen LogP contribution is 2.19. The first-order valence-electron chi connectivity index (χ1n) is 7.16. The SMILES string of the molecule is CC(C)NCC1CCC(COCCOC(C)C)O1. The summed E-state index contributed by atoms with van der Waals surface area (Å²) < 4.78 is 16.9. The minimum absolute atomic E-state index is 0.267. The van der Waals surface area contributed by atoms with Gasteiger partial charge in [-0.05, 0) is 26.7 Å². The third-order valence-corrected chi connectivity index (χ3v) is 2.93. The standard InChI is InChI=1S/C14H29NO3/c1-11(2)15-9-13-5-6-14(18-13)10-16-7-8-17-12(3)4/h11-15H,5-10H2,1-4H3. The van der Waals surface area contributed by atoms with Gasteiger partial charge in [0.1, 0.15) is 0 Å². The molecule has 1 N–H and O–H groups in total. The van der Waals surface area contributed by atoms with Crippen LogP contribution >= 0.6 is 0 Å². The largest absolute Gasteiger partial charge is 0.376 e. The average molecular weight is 259 g/mol. The normalized spacial score (nSPS) is 24.3. The zero-order chi connectivity index (χ0) is 13.4. The van der Waals surface area contributed by atoms with Gasteiger partial charge in [0.25, 0.3) is 0 Å². The molecule has 1 heterocycles. The lowest BCUT2D eigenvalue weighted by atomic mass is 10.2. The third-order valence-electron chi connectivity index (χ3n) is 2.93. The maximum atomic E-state index is 5.91. The van der Waals surface area contributed by atoms with Gasteiger partial charge in [-0.1, -0.05) is 13.8 Å². The monoisotopic (exact) mass is 259 g/mol. The van der Waals surface area contributed by atoms with Gasteiger partial charge in [0.2, 0.25) is 0 Å². The summed E-state index contributed by atoms with van der Waals surface area (Å²) in [5.41, 5.74) is 0. The summed E-state index contributed by atoms with van der Waals surface area (Å²) in [5, 5.41) is 3.41. The van der Waals surface area contributed by atoms with Crippen molar-refractivity contribution >= 4 is 0 Å². The van der Waals surface area contributed by atoms with E-state index >= 15 is 0 Å². The summed E-state index contributed by atoms with van der Waals surface area (Å²) >= 11 is 0. The Kier molecular flexibility index (Phi) is 7.82. The van der Waals surface area contributed by atoms with E-state index in [1.165, 1.54) is 0 Å². The molecule has 18 heavy (non-hydrogen) atoms. The number of nitrogens with one attached hydrogen (secondary N) is 1. The van der Waals surface area contributed by atoms with Crippen molar-refractivity contribution in [2.45, 2.75) is 64.9 Å². The summed E-state index contributed by atoms with van der Waals surface area (Å²) in [6.45, 7) is 11.4. The molecule has 108 valence electrons. The highest BCUT2D eigenvalue weighted by Gasteiger charge is 2.25. The highest BCUT2D eigenvalue weighted by molar-refractivity contribution is 4.75. The van der Waals surface area contributed by atoms with E-state index in [4.69, 9.17) is 14.2 Å². The molecule has 0 aromatic rings. The van der Waals surface area contributed by atoms with Crippen LogP contribution in [0.2, 0.25) is 0 Å². The summed E-state index contributed by atoms with van der Waals surface area (Å²) in [7, 11) is 0. The molecule has 0 aromatic heterocycles. The molecule has 0 saturated carbocycles. The predicted molar refractivity (Wildman–Crippen MR) is 72.9 cm³/mol. The minimum Gasteiger partial charge on any atom is -0.376 e. The van der Waals surface area contributed by atoms with E-state index < -0.39 is 0 Å². The van der Waals surface area contributed by atoms with Crippen LogP contribution in [-0.4, -0.2) is 50.7 Å². The van der Waals surface area contributed by atoms with E-state index in [-0.39, 0.29) is 12.2 Å². The molecule has 0 bridgehead atoms. The molecule has 1 saturated heterocycles. The van der Waals surface area contributed by atoms with Crippen LogP contribution in [0.1, 0.15) is 40.5 Å². The second-order valence-corrected chi connectivity index (χ2v) is 5.51. The Labute approximate surface area is 111 Å². The van der Waals surface area contributed by atoms with Crippen LogP contribution < -0.4 is 5.32 Å². The van der Waals surface area contributed by atoms with E-state index in [0.717, 1.165) is 19.4 Å². The molecule has 4 heteroatoms. The van der Waals surface area contributed by atoms with Gasteiger partial charge < -0.3 is 19.5 Å². The molecule has 0 spiro atoms. The Bertz CT molecular complexity index is 209. The maximum absolute atomic E-state index is 5.91. The number of ether oxygens (including phenoxy) is 3. The molecule has 4 nitrogen and oxygen atoms in total. The molecule has 0 aromatic carbocycles. The van der Waals surface area contributed by atoms with E-state index in [0.29, 0.717) is 32.0 Å². The van der Waals surface area contributed by atoms with E-state index in [9.17, 15) is 0 Å². The van der Waals surface area contributed by atoms with Crippen molar-refractivity contribution in [3.8, 4) is 0 Å². The van der Waals surface area contributed by atoms with Crippen LogP contribution in [0.4, 0.5) is 0 Å². The first-order valence-corrected chi connectivity index (χ1v) is 7.16. The van der Waals surface area contributed by atoms with Gasteiger partial charge in [-0.3, -0.25) is 0 Å². The number of hydrogen-bond acceptors (Lipinski definition) is 4. The van der Waals surface area contributed by atoms with E-state index in [2.05, 4.69) is 19.2 Å². The molecule has 1 rings (SSSR count). The first kappa shape index (κ1) is 15.9. The van der Waals surface area contributed by atoms with E-state index in [1.807, 2.05) is 13.8 Å². The molecule has 0 radical (unpaired) electrons. The third kappa shape index (κ3) is 7.31. The number of rotatable bonds is 9. The van der Waals surface area contributed by atoms with Crippen molar-refractivity contribution in [1.82, 2.24) is 5.32 Å². The predicted octanol–water partition coefficient (Wildman–Crippen LogP) is 1.97.